The second-order valence-corrected chi connectivity index (χ2v) is 7.01. The first-order valence-corrected chi connectivity index (χ1v) is 9.32. The van der Waals surface area contributed by atoms with Crippen molar-refractivity contribution in [1.82, 2.24) is 19.6 Å². The van der Waals surface area contributed by atoms with E-state index < -0.39 is 23.6 Å². The molecule has 0 amide bonds. The summed E-state index contributed by atoms with van der Waals surface area (Å²) in [5, 5.41) is 3.76. The van der Waals surface area contributed by atoms with Crippen molar-refractivity contribution >= 4 is 11.5 Å². The van der Waals surface area contributed by atoms with Gasteiger partial charge in [0.15, 0.2) is 11.3 Å². The number of fused-ring (bicyclic) bond motifs is 1. The van der Waals surface area contributed by atoms with Crippen molar-refractivity contribution in [1.29, 1.82) is 0 Å². The van der Waals surface area contributed by atoms with Crippen LogP contribution in [0.3, 0.4) is 0 Å². The minimum absolute atomic E-state index is 0.0784. The number of pyridine rings is 1. The summed E-state index contributed by atoms with van der Waals surface area (Å²) in [7, 11) is 0. The summed E-state index contributed by atoms with van der Waals surface area (Å²) in [4.78, 5) is 8.27. The number of nitrogens with zero attached hydrogens (tertiary/aromatic N) is 4. The van der Waals surface area contributed by atoms with Gasteiger partial charge in [-0.25, -0.2) is 14.5 Å². The topological polar surface area (TPSA) is 69.1 Å². The molecule has 0 saturated carbocycles. The molecule has 0 spiro atoms. The Balaban J connectivity index is 1.86. The Kier molecular flexibility index (Phi) is 5.24. The van der Waals surface area contributed by atoms with Crippen LogP contribution in [0.5, 0.6) is 0 Å². The summed E-state index contributed by atoms with van der Waals surface area (Å²) in [6.07, 6.45) is -8.23. The van der Waals surface area contributed by atoms with E-state index in [1.807, 2.05) is 0 Å². The zero-order valence-electron chi connectivity index (χ0n) is 16.8. The van der Waals surface area contributed by atoms with Crippen molar-refractivity contribution in [2.75, 3.05) is 5.73 Å². The van der Waals surface area contributed by atoms with E-state index in [0.29, 0.717) is 21.6 Å². The fourth-order valence-corrected chi connectivity index (χ4v) is 3.08. The van der Waals surface area contributed by atoms with Crippen molar-refractivity contribution in [2.45, 2.75) is 19.3 Å². The van der Waals surface area contributed by atoms with Crippen molar-refractivity contribution < 1.29 is 26.3 Å². The molecule has 0 aliphatic heterocycles. The number of aryl methyl sites for hydroxylation is 1. The molecule has 33 heavy (non-hydrogen) atoms. The summed E-state index contributed by atoms with van der Waals surface area (Å²) in [5.41, 5.74) is 4.41. The van der Waals surface area contributed by atoms with Crippen LogP contribution in [-0.4, -0.2) is 19.6 Å². The molecule has 0 saturated heterocycles. The molecule has 0 aliphatic rings. The van der Waals surface area contributed by atoms with Gasteiger partial charge >= 0.3 is 12.4 Å². The number of aromatic nitrogens is 4. The number of halogens is 6. The van der Waals surface area contributed by atoms with Gasteiger partial charge in [-0.1, -0.05) is 24.0 Å². The molecule has 2 N–H and O–H groups in total. The van der Waals surface area contributed by atoms with E-state index in [9.17, 15) is 26.3 Å². The average molecular weight is 461 g/mol. The average Bonchev–Trinajstić information content (AvgIpc) is 3.14. The van der Waals surface area contributed by atoms with Crippen LogP contribution in [0.25, 0.3) is 16.9 Å². The van der Waals surface area contributed by atoms with E-state index in [1.54, 1.807) is 13.0 Å². The molecule has 11 heteroatoms. The Morgan fingerprint density at radius 3 is 2.12 bits per heavy atom. The second-order valence-electron chi connectivity index (χ2n) is 7.01. The predicted molar refractivity (Wildman–Crippen MR) is 108 cm³/mol. The highest BCUT2D eigenvalue weighted by Gasteiger charge is 2.36. The molecule has 5 nitrogen and oxygen atoms in total. The van der Waals surface area contributed by atoms with Crippen LogP contribution in [-0.2, 0) is 12.4 Å². The van der Waals surface area contributed by atoms with Gasteiger partial charge < -0.3 is 5.73 Å². The Bertz CT molecular complexity index is 1410. The van der Waals surface area contributed by atoms with Gasteiger partial charge in [0.1, 0.15) is 5.82 Å². The summed E-state index contributed by atoms with van der Waals surface area (Å²) in [6.45, 7) is 1.68. The number of anilines is 1. The molecular formula is C22H13F6N5. The van der Waals surface area contributed by atoms with Gasteiger partial charge in [0.2, 0.25) is 0 Å². The van der Waals surface area contributed by atoms with Gasteiger partial charge in [-0.2, -0.15) is 31.4 Å². The van der Waals surface area contributed by atoms with Gasteiger partial charge in [-0.05, 0) is 37.3 Å². The van der Waals surface area contributed by atoms with Crippen molar-refractivity contribution in [3.05, 3.63) is 76.7 Å². The lowest BCUT2D eigenvalue weighted by Gasteiger charge is -2.12. The van der Waals surface area contributed by atoms with Gasteiger partial charge in [0.25, 0.3) is 0 Å². The van der Waals surface area contributed by atoms with E-state index >= 15 is 0 Å². The number of hydrogen-bond donors (Lipinski definition) is 1. The number of benzene rings is 1. The van der Waals surface area contributed by atoms with Crippen LogP contribution in [0, 0.1) is 18.8 Å². The van der Waals surface area contributed by atoms with Gasteiger partial charge in [0, 0.05) is 11.1 Å². The zero-order valence-corrected chi connectivity index (χ0v) is 16.8. The first-order valence-electron chi connectivity index (χ1n) is 9.32. The van der Waals surface area contributed by atoms with Gasteiger partial charge in [0.05, 0.1) is 28.7 Å². The standard InChI is InChI=1S/C22H13F6N5/c1-12-13(6-9-19(29)31-12)2-3-15-11-30-33-18(22(26,27)28)10-17(32-20(15)33)14-4-7-16(8-5-14)21(23,24)25/h4-11H,1H3,(H2,29,31). The Labute approximate surface area is 182 Å². The summed E-state index contributed by atoms with van der Waals surface area (Å²) >= 11 is 0. The van der Waals surface area contributed by atoms with Crippen LogP contribution >= 0.6 is 0 Å². The number of nitrogens with two attached hydrogens (primary N) is 1. The number of nitrogen functional groups attached to an aromatic ring is 1. The van der Waals surface area contributed by atoms with Gasteiger partial charge in [-0.15, -0.1) is 0 Å². The van der Waals surface area contributed by atoms with E-state index in [4.69, 9.17) is 5.73 Å². The normalized spacial score (nSPS) is 12.0. The number of alkyl halides is 6. The van der Waals surface area contributed by atoms with E-state index in [0.717, 1.165) is 36.5 Å². The third-order valence-corrected chi connectivity index (χ3v) is 4.71. The lowest BCUT2D eigenvalue weighted by Crippen LogP contribution is -2.13. The maximum Gasteiger partial charge on any atom is 0.433 e. The SMILES string of the molecule is Cc1nc(N)ccc1C#Cc1cnn2c(C(F)(F)F)cc(-c3ccc(C(F)(F)F)cc3)nc12. The lowest BCUT2D eigenvalue weighted by molar-refractivity contribution is -0.142. The summed E-state index contributed by atoms with van der Waals surface area (Å²) in [5.74, 6) is 5.84. The first kappa shape index (κ1) is 22.1. The molecule has 0 bridgehead atoms. The van der Waals surface area contributed by atoms with E-state index in [-0.39, 0.29) is 22.5 Å². The molecule has 0 unspecified atom stereocenters. The minimum Gasteiger partial charge on any atom is -0.384 e. The maximum atomic E-state index is 13.7. The molecule has 0 radical (unpaired) electrons. The predicted octanol–water partition coefficient (Wildman–Crippen LogP) is 5.12. The third-order valence-electron chi connectivity index (χ3n) is 4.71. The quantitative estimate of drug-likeness (QED) is 0.316. The highest BCUT2D eigenvalue weighted by atomic mass is 19.4. The minimum atomic E-state index is -4.80. The van der Waals surface area contributed by atoms with Crippen LogP contribution in [0.1, 0.15) is 28.1 Å². The second kappa shape index (κ2) is 7.81. The van der Waals surface area contributed by atoms with Crippen LogP contribution in [0.15, 0.2) is 48.7 Å². The van der Waals surface area contributed by atoms with Gasteiger partial charge in [-0.3, -0.25) is 0 Å². The largest absolute Gasteiger partial charge is 0.433 e. The fraction of sp³-hybridized carbons (Fsp3) is 0.136. The fourth-order valence-electron chi connectivity index (χ4n) is 3.08. The Morgan fingerprint density at radius 1 is 0.848 bits per heavy atom. The van der Waals surface area contributed by atoms with Crippen molar-refractivity contribution in [3.8, 4) is 23.1 Å². The molecule has 0 atom stereocenters. The highest BCUT2D eigenvalue weighted by molar-refractivity contribution is 5.67. The third kappa shape index (κ3) is 4.45. The van der Waals surface area contributed by atoms with Crippen LogP contribution in [0.2, 0.25) is 0 Å². The van der Waals surface area contributed by atoms with Crippen molar-refractivity contribution in [3.63, 3.8) is 0 Å². The number of hydrogen-bond acceptors (Lipinski definition) is 4. The van der Waals surface area contributed by atoms with Crippen molar-refractivity contribution in [2.24, 2.45) is 0 Å². The summed E-state index contributed by atoms with van der Waals surface area (Å²) < 4.78 is 80.2. The van der Waals surface area contributed by atoms with E-state index in [2.05, 4.69) is 26.9 Å². The van der Waals surface area contributed by atoms with Crippen LogP contribution < -0.4 is 5.73 Å². The molecule has 168 valence electrons. The summed E-state index contributed by atoms with van der Waals surface area (Å²) in [6, 6.07) is 7.58. The molecule has 0 aliphatic carbocycles. The lowest BCUT2D eigenvalue weighted by atomic mass is 10.1. The Hall–Kier alpha value is -4.07. The maximum absolute atomic E-state index is 13.7. The molecule has 3 heterocycles. The molecular weight excluding hydrogens is 448 g/mol. The molecule has 0 fully saturated rings. The first-order chi connectivity index (χ1) is 15.4. The van der Waals surface area contributed by atoms with E-state index in [1.165, 1.54) is 6.07 Å². The molecule has 1 aromatic carbocycles. The Morgan fingerprint density at radius 2 is 1.52 bits per heavy atom. The monoisotopic (exact) mass is 461 g/mol. The van der Waals surface area contributed by atoms with Crippen LogP contribution in [0.4, 0.5) is 32.2 Å². The molecule has 4 rings (SSSR count). The highest BCUT2D eigenvalue weighted by Crippen LogP contribution is 2.34. The molecule has 4 aromatic rings. The molecule has 3 aromatic heterocycles. The zero-order chi connectivity index (χ0) is 24.0. The smallest absolute Gasteiger partial charge is 0.384 e. The number of rotatable bonds is 1.